The first kappa shape index (κ1) is 17.5. The zero-order valence-corrected chi connectivity index (χ0v) is 13.6. The predicted octanol–water partition coefficient (Wildman–Crippen LogP) is 5.44. The summed E-state index contributed by atoms with van der Waals surface area (Å²) in [6.45, 7) is 12.3. The highest BCUT2D eigenvalue weighted by Crippen LogP contribution is 2.26. The van der Waals surface area contributed by atoms with Gasteiger partial charge >= 0.3 is 0 Å². The molecule has 0 heterocycles. The molecule has 1 aromatic rings. The molecule has 0 amide bonds. The number of allylic oxidation sites excluding steroid dienone is 3. The molecular weight excluding hydrogens is 266 g/mol. The van der Waals surface area contributed by atoms with Crippen molar-refractivity contribution in [3.8, 4) is 18.4 Å². The van der Waals surface area contributed by atoms with Crippen LogP contribution in [-0.4, -0.2) is 0 Å². The normalized spacial score (nSPS) is 10.6. The van der Waals surface area contributed by atoms with Gasteiger partial charge in [-0.15, -0.1) is 12.3 Å². The van der Waals surface area contributed by atoms with E-state index in [-0.39, 0.29) is 0 Å². The average Bonchev–Trinajstić information content (AvgIpc) is 2.52. The van der Waals surface area contributed by atoms with Gasteiger partial charge in [-0.05, 0) is 66.7 Å². The van der Waals surface area contributed by atoms with E-state index in [1.54, 1.807) is 0 Å². The summed E-state index contributed by atoms with van der Waals surface area (Å²) in [5.74, 6) is 2.66. The number of hydrogen-bond acceptors (Lipinski definition) is 1. The highest BCUT2D eigenvalue weighted by Gasteiger charge is 2.07. The molecule has 0 spiro atoms. The number of aryl methyl sites for hydroxylation is 1. The number of rotatable bonds is 7. The smallest absolute Gasteiger partial charge is 0.0991 e. The first-order chi connectivity index (χ1) is 10.5. The lowest BCUT2D eigenvalue weighted by molar-refractivity contribution is 0.857. The molecule has 0 aliphatic heterocycles. The molecule has 0 bridgehead atoms. The van der Waals surface area contributed by atoms with Crippen LogP contribution in [0.4, 0.5) is 0 Å². The van der Waals surface area contributed by atoms with E-state index in [0.717, 1.165) is 53.5 Å². The van der Waals surface area contributed by atoms with Crippen LogP contribution in [0.25, 0.3) is 6.08 Å². The lowest BCUT2D eigenvalue weighted by Gasteiger charge is -2.12. The topological polar surface area (TPSA) is 23.8 Å². The standard InChI is InChI=1S/C21H23N/c1-6-8-9-10-17(5)21(16(3)4)14-20-12-11-18(15-22)13-19(20)7-2/h1,11-14H,3,5,7-10H2,2,4H3/b21-14-. The number of nitrogens with zero attached hydrogens (tertiary/aromatic N) is 1. The molecule has 0 fully saturated rings. The van der Waals surface area contributed by atoms with Crippen molar-refractivity contribution in [1.29, 1.82) is 5.26 Å². The fraction of sp³-hybridized carbons (Fsp3) is 0.286. The number of unbranched alkanes of at least 4 members (excludes halogenated alkanes) is 1. The van der Waals surface area contributed by atoms with Crippen LogP contribution in [0.2, 0.25) is 0 Å². The van der Waals surface area contributed by atoms with E-state index in [4.69, 9.17) is 11.7 Å². The molecule has 0 N–H and O–H groups in total. The Balaban J connectivity index is 3.14. The highest BCUT2D eigenvalue weighted by molar-refractivity contribution is 5.66. The molecule has 1 rings (SSSR count). The maximum Gasteiger partial charge on any atom is 0.0991 e. The Kier molecular flexibility index (Phi) is 6.94. The molecule has 112 valence electrons. The Hall–Kier alpha value is -2.51. The van der Waals surface area contributed by atoms with Crippen LogP contribution in [0.15, 0.2) is 48.1 Å². The fourth-order valence-electron chi connectivity index (χ4n) is 2.34. The average molecular weight is 289 g/mol. The van der Waals surface area contributed by atoms with Gasteiger partial charge in [0.25, 0.3) is 0 Å². The monoisotopic (exact) mass is 289 g/mol. The van der Waals surface area contributed by atoms with Crippen LogP contribution < -0.4 is 0 Å². The predicted molar refractivity (Wildman–Crippen MR) is 95.2 cm³/mol. The Labute approximate surface area is 134 Å². The van der Waals surface area contributed by atoms with Crippen LogP contribution in [0.5, 0.6) is 0 Å². The van der Waals surface area contributed by atoms with Crippen LogP contribution >= 0.6 is 0 Å². The third kappa shape index (κ3) is 4.80. The van der Waals surface area contributed by atoms with E-state index in [1.807, 2.05) is 25.1 Å². The molecule has 0 radical (unpaired) electrons. The molecule has 0 atom stereocenters. The van der Waals surface area contributed by atoms with Crippen molar-refractivity contribution in [3.05, 3.63) is 64.8 Å². The number of terminal acetylenes is 1. The molecule has 1 heteroatoms. The van der Waals surface area contributed by atoms with Crippen LogP contribution in [0.3, 0.4) is 0 Å². The van der Waals surface area contributed by atoms with Gasteiger partial charge in [-0.3, -0.25) is 0 Å². The lowest BCUT2D eigenvalue weighted by atomic mass is 9.92. The second kappa shape index (κ2) is 8.71. The van der Waals surface area contributed by atoms with E-state index < -0.39 is 0 Å². The molecule has 0 saturated heterocycles. The number of hydrogen-bond donors (Lipinski definition) is 0. The van der Waals surface area contributed by atoms with Crippen molar-refractivity contribution in [3.63, 3.8) is 0 Å². The molecule has 0 saturated carbocycles. The van der Waals surface area contributed by atoms with E-state index in [1.165, 1.54) is 0 Å². The summed E-state index contributed by atoms with van der Waals surface area (Å²) in [5.41, 5.74) is 6.12. The minimum atomic E-state index is 0.693. The third-order valence-corrected chi connectivity index (χ3v) is 3.59. The molecule has 0 aliphatic rings. The fourth-order valence-corrected chi connectivity index (χ4v) is 2.34. The summed E-state index contributed by atoms with van der Waals surface area (Å²) in [5, 5.41) is 9.02. The maximum atomic E-state index is 9.02. The molecule has 1 nitrogen and oxygen atoms in total. The van der Waals surface area contributed by atoms with Crippen molar-refractivity contribution in [2.24, 2.45) is 0 Å². The van der Waals surface area contributed by atoms with E-state index in [9.17, 15) is 0 Å². The van der Waals surface area contributed by atoms with Crippen molar-refractivity contribution < 1.29 is 0 Å². The SMILES string of the molecule is C#CCCCC(=C)/C(=C\c1ccc(C#N)cc1CC)C(=C)C. The summed E-state index contributed by atoms with van der Waals surface area (Å²) < 4.78 is 0. The van der Waals surface area contributed by atoms with Gasteiger partial charge in [-0.2, -0.15) is 5.26 Å². The summed E-state index contributed by atoms with van der Waals surface area (Å²) in [7, 11) is 0. The third-order valence-electron chi connectivity index (χ3n) is 3.59. The van der Waals surface area contributed by atoms with Crippen LogP contribution in [0.1, 0.15) is 49.8 Å². The number of nitriles is 1. The molecular formula is C21H23N. The van der Waals surface area contributed by atoms with E-state index in [0.29, 0.717) is 5.56 Å². The van der Waals surface area contributed by atoms with Gasteiger partial charge in [0.2, 0.25) is 0 Å². The Morgan fingerprint density at radius 1 is 1.36 bits per heavy atom. The minimum absolute atomic E-state index is 0.693. The molecule has 0 aromatic heterocycles. The van der Waals surface area contributed by atoms with Crippen molar-refractivity contribution >= 4 is 6.08 Å². The zero-order valence-electron chi connectivity index (χ0n) is 13.6. The first-order valence-corrected chi connectivity index (χ1v) is 7.55. The van der Waals surface area contributed by atoms with Crippen molar-refractivity contribution in [2.75, 3.05) is 0 Å². The summed E-state index contributed by atoms with van der Waals surface area (Å²) in [4.78, 5) is 0. The number of benzene rings is 1. The molecule has 22 heavy (non-hydrogen) atoms. The maximum absolute atomic E-state index is 9.02. The van der Waals surface area contributed by atoms with Crippen molar-refractivity contribution in [2.45, 2.75) is 39.5 Å². The van der Waals surface area contributed by atoms with E-state index in [2.05, 4.69) is 38.1 Å². The Morgan fingerprint density at radius 2 is 2.09 bits per heavy atom. The summed E-state index contributed by atoms with van der Waals surface area (Å²) in [6.07, 6.45) is 10.9. The second-order valence-electron chi connectivity index (χ2n) is 5.38. The second-order valence-corrected chi connectivity index (χ2v) is 5.38. The Morgan fingerprint density at radius 3 is 2.64 bits per heavy atom. The van der Waals surface area contributed by atoms with Gasteiger partial charge in [0.15, 0.2) is 0 Å². The van der Waals surface area contributed by atoms with Crippen LogP contribution in [0, 0.1) is 23.7 Å². The van der Waals surface area contributed by atoms with E-state index >= 15 is 0 Å². The molecule has 0 unspecified atom stereocenters. The van der Waals surface area contributed by atoms with Gasteiger partial charge in [-0.1, -0.05) is 31.7 Å². The Bertz CT molecular complexity index is 675. The van der Waals surface area contributed by atoms with Gasteiger partial charge < -0.3 is 0 Å². The largest absolute Gasteiger partial charge is 0.192 e. The van der Waals surface area contributed by atoms with Gasteiger partial charge in [-0.25, -0.2) is 0 Å². The first-order valence-electron chi connectivity index (χ1n) is 7.55. The summed E-state index contributed by atoms with van der Waals surface area (Å²) in [6, 6.07) is 7.98. The van der Waals surface area contributed by atoms with Gasteiger partial charge in [0, 0.05) is 6.42 Å². The molecule has 1 aromatic carbocycles. The highest BCUT2D eigenvalue weighted by atomic mass is 14.2. The van der Waals surface area contributed by atoms with Gasteiger partial charge in [0.1, 0.15) is 0 Å². The quantitative estimate of drug-likeness (QED) is 0.372. The zero-order chi connectivity index (χ0) is 16.5. The van der Waals surface area contributed by atoms with Crippen molar-refractivity contribution in [1.82, 2.24) is 0 Å². The lowest BCUT2D eigenvalue weighted by Crippen LogP contribution is -1.94. The van der Waals surface area contributed by atoms with Gasteiger partial charge in [0.05, 0.1) is 11.6 Å². The molecule has 0 aliphatic carbocycles. The minimum Gasteiger partial charge on any atom is -0.192 e. The van der Waals surface area contributed by atoms with Crippen LogP contribution in [-0.2, 0) is 6.42 Å². The summed E-state index contributed by atoms with van der Waals surface area (Å²) >= 11 is 0.